The third-order valence-electron chi connectivity index (χ3n) is 3.40. The molecule has 0 fully saturated rings. The average Bonchev–Trinajstić information content (AvgIpc) is 2.48. The third kappa shape index (κ3) is 2.09. The van der Waals surface area contributed by atoms with Crippen molar-refractivity contribution in [2.24, 2.45) is 0 Å². The lowest BCUT2D eigenvalue weighted by Gasteiger charge is -2.04. The molecule has 0 aliphatic carbocycles. The van der Waals surface area contributed by atoms with Gasteiger partial charge in [-0.25, -0.2) is 0 Å². The highest BCUT2D eigenvalue weighted by Gasteiger charge is 2.07. The maximum atomic E-state index is 12.6. The van der Waals surface area contributed by atoms with E-state index < -0.39 is 0 Å². The van der Waals surface area contributed by atoms with Gasteiger partial charge >= 0.3 is 0 Å². The molecule has 0 aliphatic heterocycles. The Hall–Kier alpha value is -2.18. The van der Waals surface area contributed by atoms with Crippen LogP contribution in [-0.2, 0) is 6.42 Å². The monoisotopic (exact) mass is 279 g/mol. The fraction of sp³-hybridized carbons (Fsp3) is 0.176. The van der Waals surface area contributed by atoms with Crippen molar-refractivity contribution < 1.29 is 0 Å². The molecule has 2 nitrogen and oxygen atoms in total. The second-order valence-electron chi connectivity index (χ2n) is 4.83. The maximum Gasteiger partial charge on any atom is 0.195 e. The number of hydrogen-bond donors (Lipinski definition) is 0. The highest BCUT2D eigenvalue weighted by atomic mass is 32.1. The molecule has 0 atom stereocenters. The summed E-state index contributed by atoms with van der Waals surface area (Å²) in [6.45, 7) is 2.13. The molecule has 0 radical (unpaired) electrons. The smallest absolute Gasteiger partial charge is 0.195 e. The molecule has 3 aromatic rings. The van der Waals surface area contributed by atoms with Gasteiger partial charge in [0.2, 0.25) is 0 Å². The molecule has 0 saturated heterocycles. The Labute approximate surface area is 120 Å². The van der Waals surface area contributed by atoms with E-state index in [2.05, 4.69) is 19.1 Å². The predicted octanol–water partition coefficient (Wildman–Crippen LogP) is 4.24. The molecular weight excluding hydrogens is 266 g/mol. The largest absolute Gasteiger partial charge is 0.289 e. The van der Waals surface area contributed by atoms with Gasteiger partial charge < -0.3 is 0 Å². The quantitative estimate of drug-likeness (QED) is 0.658. The molecule has 1 aromatic heterocycles. The Morgan fingerprint density at radius 3 is 2.70 bits per heavy atom. The average molecular weight is 279 g/mol. The van der Waals surface area contributed by atoms with Gasteiger partial charge in [0, 0.05) is 20.2 Å². The predicted molar refractivity (Wildman–Crippen MR) is 84.3 cm³/mol. The lowest BCUT2D eigenvalue weighted by atomic mass is 10.1. The molecule has 3 rings (SSSR count). The molecule has 0 unspecified atom stereocenters. The number of nitriles is 1. The van der Waals surface area contributed by atoms with Crippen LogP contribution in [0.5, 0.6) is 0 Å². The zero-order chi connectivity index (χ0) is 14.1. The molecule has 20 heavy (non-hydrogen) atoms. The highest BCUT2D eigenvalue weighted by Crippen LogP contribution is 2.26. The molecule has 0 spiro atoms. The van der Waals surface area contributed by atoms with Crippen LogP contribution >= 0.6 is 11.3 Å². The minimum absolute atomic E-state index is 0.0659. The summed E-state index contributed by atoms with van der Waals surface area (Å²) in [6.07, 6.45) is 2.06. The molecule has 0 saturated carbocycles. The first-order valence-electron chi connectivity index (χ1n) is 6.62. The van der Waals surface area contributed by atoms with Crippen LogP contribution in [0.3, 0.4) is 0 Å². The minimum Gasteiger partial charge on any atom is -0.289 e. The van der Waals surface area contributed by atoms with E-state index >= 15 is 0 Å². The summed E-state index contributed by atoms with van der Waals surface area (Å²) in [5.41, 5.74) is 1.86. The number of nitrogens with zero attached hydrogens (tertiary/aromatic N) is 1. The first kappa shape index (κ1) is 12.8. The van der Waals surface area contributed by atoms with Crippen molar-refractivity contribution in [1.82, 2.24) is 0 Å². The Bertz CT molecular complexity index is 902. The van der Waals surface area contributed by atoms with Crippen molar-refractivity contribution in [3.63, 3.8) is 0 Å². The van der Waals surface area contributed by atoms with Crippen molar-refractivity contribution in [3.8, 4) is 6.07 Å². The standard InChI is InChI=1S/C17H13NOS/c1-2-3-11-5-7-15-14(8-11)17(19)13-6-4-12(10-18)9-16(13)20-15/h4-9H,2-3H2,1H3. The first-order chi connectivity index (χ1) is 9.72. The Kier molecular flexibility index (Phi) is 3.25. The summed E-state index contributed by atoms with van der Waals surface area (Å²) >= 11 is 1.57. The van der Waals surface area contributed by atoms with Crippen molar-refractivity contribution in [2.75, 3.05) is 0 Å². The van der Waals surface area contributed by atoms with Gasteiger partial charge in [0.1, 0.15) is 0 Å². The van der Waals surface area contributed by atoms with E-state index in [1.54, 1.807) is 29.5 Å². The van der Waals surface area contributed by atoms with Crippen LogP contribution in [-0.4, -0.2) is 0 Å². The molecule has 98 valence electrons. The topological polar surface area (TPSA) is 40.9 Å². The molecular formula is C17H13NOS. The zero-order valence-corrected chi connectivity index (χ0v) is 12.0. The van der Waals surface area contributed by atoms with E-state index in [-0.39, 0.29) is 5.43 Å². The lowest BCUT2D eigenvalue weighted by Crippen LogP contribution is -2.01. The molecule has 2 aromatic carbocycles. The van der Waals surface area contributed by atoms with Crippen LogP contribution < -0.4 is 5.43 Å². The van der Waals surface area contributed by atoms with E-state index in [4.69, 9.17) is 5.26 Å². The van der Waals surface area contributed by atoms with E-state index in [1.165, 1.54) is 5.56 Å². The minimum atomic E-state index is 0.0659. The highest BCUT2D eigenvalue weighted by molar-refractivity contribution is 7.24. The molecule has 0 N–H and O–H groups in total. The van der Waals surface area contributed by atoms with Crippen LogP contribution in [0.4, 0.5) is 0 Å². The number of hydrogen-bond acceptors (Lipinski definition) is 3. The summed E-state index contributed by atoms with van der Waals surface area (Å²) in [4.78, 5) is 12.6. The Morgan fingerprint density at radius 1 is 1.10 bits per heavy atom. The fourth-order valence-corrected chi connectivity index (χ4v) is 3.51. The van der Waals surface area contributed by atoms with Gasteiger partial charge in [-0.15, -0.1) is 11.3 Å². The second kappa shape index (κ2) is 5.07. The lowest BCUT2D eigenvalue weighted by molar-refractivity contribution is 0.924. The van der Waals surface area contributed by atoms with Crippen molar-refractivity contribution in [1.29, 1.82) is 5.26 Å². The molecule has 0 aliphatic rings. The summed E-state index contributed by atoms with van der Waals surface area (Å²) < 4.78 is 1.86. The fourth-order valence-electron chi connectivity index (χ4n) is 2.42. The summed E-state index contributed by atoms with van der Waals surface area (Å²) in [5, 5.41) is 10.4. The normalized spacial score (nSPS) is 10.8. The zero-order valence-electron chi connectivity index (χ0n) is 11.1. The number of fused-ring (bicyclic) bond motifs is 2. The van der Waals surface area contributed by atoms with Gasteiger partial charge in [-0.2, -0.15) is 5.26 Å². The van der Waals surface area contributed by atoms with Gasteiger partial charge in [0.15, 0.2) is 5.43 Å². The van der Waals surface area contributed by atoms with Gasteiger partial charge in [0.25, 0.3) is 0 Å². The Morgan fingerprint density at radius 2 is 1.95 bits per heavy atom. The number of aryl methyl sites for hydroxylation is 1. The van der Waals surface area contributed by atoms with E-state index in [0.29, 0.717) is 10.9 Å². The third-order valence-corrected chi connectivity index (χ3v) is 4.54. The molecule has 1 heterocycles. The van der Waals surface area contributed by atoms with Gasteiger partial charge in [-0.1, -0.05) is 19.4 Å². The van der Waals surface area contributed by atoms with Crippen molar-refractivity contribution >= 4 is 31.5 Å². The van der Waals surface area contributed by atoms with Crippen molar-refractivity contribution in [3.05, 3.63) is 57.7 Å². The molecule has 0 amide bonds. The van der Waals surface area contributed by atoms with Gasteiger partial charge in [-0.3, -0.25) is 4.79 Å². The van der Waals surface area contributed by atoms with Crippen molar-refractivity contribution in [2.45, 2.75) is 19.8 Å². The maximum absolute atomic E-state index is 12.6. The van der Waals surface area contributed by atoms with Crippen LogP contribution in [0.2, 0.25) is 0 Å². The first-order valence-corrected chi connectivity index (χ1v) is 7.44. The summed E-state index contributed by atoms with van der Waals surface area (Å²) in [7, 11) is 0. The van der Waals surface area contributed by atoms with Gasteiger partial charge in [0.05, 0.1) is 11.6 Å². The van der Waals surface area contributed by atoms with Crippen LogP contribution in [0.1, 0.15) is 24.5 Å². The van der Waals surface area contributed by atoms with Crippen LogP contribution in [0.15, 0.2) is 41.2 Å². The molecule has 0 bridgehead atoms. The summed E-state index contributed by atoms with van der Waals surface area (Å²) in [6, 6.07) is 13.5. The molecule has 3 heteroatoms. The number of rotatable bonds is 2. The van der Waals surface area contributed by atoms with Gasteiger partial charge in [-0.05, 0) is 42.3 Å². The summed E-state index contributed by atoms with van der Waals surface area (Å²) in [5.74, 6) is 0. The van der Waals surface area contributed by atoms with E-state index in [0.717, 1.165) is 27.6 Å². The number of benzene rings is 2. The van der Waals surface area contributed by atoms with E-state index in [9.17, 15) is 4.79 Å². The Balaban J connectivity index is 2.35. The SMILES string of the molecule is CCCc1ccc2sc3cc(C#N)ccc3c(=O)c2c1. The van der Waals surface area contributed by atoms with Crippen LogP contribution in [0.25, 0.3) is 20.2 Å². The second-order valence-corrected chi connectivity index (χ2v) is 5.92. The van der Waals surface area contributed by atoms with E-state index in [1.807, 2.05) is 12.1 Å². The van der Waals surface area contributed by atoms with Crippen LogP contribution in [0, 0.1) is 11.3 Å².